The van der Waals surface area contributed by atoms with Gasteiger partial charge in [-0.1, -0.05) is 25.7 Å². The van der Waals surface area contributed by atoms with E-state index in [1.165, 1.54) is 12.8 Å². The molecule has 0 spiro atoms. The number of carboxylic acid groups (broad SMARTS) is 1. The number of carboxylic acids is 1. The molecule has 1 fully saturated rings. The summed E-state index contributed by atoms with van der Waals surface area (Å²) >= 11 is 0. The average molecular weight is 169 g/mol. The van der Waals surface area contributed by atoms with E-state index in [2.05, 4.69) is 0 Å². The molecule has 0 radical (unpaired) electrons. The zero-order valence-electron chi connectivity index (χ0n) is 7.04. The van der Waals surface area contributed by atoms with E-state index < -0.39 is 11.8 Å². The predicted molar refractivity (Wildman–Crippen MR) is 41.2 cm³/mol. The van der Waals surface area contributed by atoms with Crippen LogP contribution in [0.3, 0.4) is 0 Å². The number of hydrogen-bond acceptors (Lipinski definition) is 3. The van der Waals surface area contributed by atoms with Crippen LogP contribution >= 0.6 is 0 Å². The monoisotopic (exact) mass is 169 g/mol. The van der Waals surface area contributed by atoms with Gasteiger partial charge in [0.2, 0.25) is 0 Å². The summed E-state index contributed by atoms with van der Waals surface area (Å²) < 4.78 is 0. The molecule has 0 saturated heterocycles. The number of rotatable bonds is 4. The van der Waals surface area contributed by atoms with Gasteiger partial charge in [-0.2, -0.15) is 0 Å². The number of ketones is 1. The third-order valence-corrected chi connectivity index (χ3v) is 2.48. The highest BCUT2D eigenvalue weighted by Crippen LogP contribution is 2.28. The Labute approximate surface area is 71.8 Å². The first-order valence-corrected chi connectivity index (χ1v) is 4.44. The first-order chi connectivity index (χ1) is 5.70. The lowest BCUT2D eigenvalue weighted by molar-refractivity contribution is -0.300. The molecule has 0 aromatic carbocycles. The number of aliphatic carboxylic acids is 1. The van der Waals surface area contributed by atoms with E-state index in [1.54, 1.807) is 0 Å². The van der Waals surface area contributed by atoms with Gasteiger partial charge in [0.05, 0.1) is 0 Å². The molecule has 3 nitrogen and oxygen atoms in total. The second kappa shape index (κ2) is 4.24. The minimum atomic E-state index is -1.53. The molecule has 0 aromatic rings. The lowest BCUT2D eigenvalue weighted by Gasteiger charge is -2.07. The van der Waals surface area contributed by atoms with Crippen LogP contribution in [-0.2, 0) is 9.59 Å². The van der Waals surface area contributed by atoms with Crippen LogP contribution in [0.15, 0.2) is 0 Å². The lowest BCUT2D eigenvalue weighted by atomic mass is 10.0. The molecular weight excluding hydrogens is 156 g/mol. The first-order valence-electron chi connectivity index (χ1n) is 4.44. The quantitative estimate of drug-likeness (QED) is 0.568. The van der Waals surface area contributed by atoms with E-state index in [9.17, 15) is 14.7 Å². The van der Waals surface area contributed by atoms with Crippen LogP contribution in [-0.4, -0.2) is 11.8 Å². The second-order valence-corrected chi connectivity index (χ2v) is 3.40. The minimum absolute atomic E-state index is 0.160. The van der Waals surface area contributed by atoms with Crippen molar-refractivity contribution in [3.8, 4) is 0 Å². The SMILES string of the molecule is O=C([O-])C(=O)CCC1CCCC1. The molecule has 3 heteroatoms. The van der Waals surface area contributed by atoms with E-state index in [1.807, 2.05) is 0 Å². The van der Waals surface area contributed by atoms with Crippen molar-refractivity contribution in [3.63, 3.8) is 0 Å². The molecular formula is C9H13O3-. The highest BCUT2D eigenvalue weighted by atomic mass is 16.4. The molecule has 0 aromatic heterocycles. The third kappa shape index (κ3) is 2.64. The van der Waals surface area contributed by atoms with Crippen molar-refractivity contribution >= 4 is 11.8 Å². The lowest BCUT2D eigenvalue weighted by Crippen LogP contribution is -2.31. The molecule has 0 amide bonds. The summed E-state index contributed by atoms with van der Waals surface area (Å²) in [6.07, 6.45) is 5.65. The highest BCUT2D eigenvalue weighted by molar-refractivity contribution is 6.31. The molecule has 68 valence electrons. The van der Waals surface area contributed by atoms with Crippen LogP contribution in [0.2, 0.25) is 0 Å². The van der Waals surface area contributed by atoms with E-state index in [-0.39, 0.29) is 6.42 Å². The van der Waals surface area contributed by atoms with Crippen LogP contribution in [0, 0.1) is 5.92 Å². The minimum Gasteiger partial charge on any atom is -0.542 e. The van der Waals surface area contributed by atoms with Crippen molar-refractivity contribution in [1.29, 1.82) is 0 Å². The van der Waals surface area contributed by atoms with Crippen molar-refractivity contribution in [2.45, 2.75) is 38.5 Å². The van der Waals surface area contributed by atoms with Gasteiger partial charge in [-0.05, 0) is 12.3 Å². The van der Waals surface area contributed by atoms with Crippen molar-refractivity contribution < 1.29 is 14.7 Å². The normalized spacial score (nSPS) is 18.0. The van der Waals surface area contributed by atoms with Gasteiger partial charge in [0.25, 0.3) is 0 Å². The average Bonchev–Trinajstić information content (AvgIpc) is 2.51. The van der Waals surface area contributed by atoms with Crippen LogP contribution < -0.4 is 5.11 Å². The molecule has 0 atom stereocenters. The van der Waals surface area contributed by atoms with Gasteiger partial charge in [-0.3, -0.25) is 4.79 Å². The Kier molecular flexibility index (Phi) is 3.26. The van der Waals surface area contributed by atoms with Crippen molar-refractivity contribution in [1.82, 2.24) is 0 Å². The second-order valence-electron chi connectivity index (χ2n) is 3.40. The van der Waals surface area contributed by atoms with E-state index in [0.29, 0.717) is 5.92 Å². The number of Topliss-reactive ketones (excluding diaryl/α,β-unsaturated/α-hetero) is 1. The van der Waals surface area contributed by atoms with Crippen molar-refractivity contribution in [2.75, 3.05) is 0 Å². The summed E-state index contributed by atoms with van der Waals surface area (Å²) in [5.41, 5.74) is 0. The van der Waals surface area contributed by atoms with Gasteiger partial charge in [0.15, 0.2) is 5.78 Å². The van der Waals surface area contributed by atoms with Gasteiger partial charge in [0, 0.05) is 6.42 Å². The number of carbonyl (C=O) groups excluding carboxylic acids is 2. The number of hydrogen-bond donors (Lipinski definition) is 0. The molecule has 1 aliphatic rings. The predicted octanol–water partition coefficient (Wildman–Crippen LogP) is 0.276. The Balaban J connectivity index is 2.16. The van der Waals surface area contributed by atoms with E-state index in [4.69, 9.17) is 0 Å². The maximum absolute atomic E-state index is 10.6. The van der Waals surface area contributed by atoms with Gasteiger partial charge in [0.1, 0.15) is 5.97 Å². The molecule has 0 heterocycles. The van der Waals surface area contributed by atoms with Crippen LogP contribution in [0.5, 0.6) is 0 Å². The molecule has 1 saturated carbocycles. The molecule has 1 rings (SSSR count). The Bertz CT molecular complexity index is 180. The molecule has 1 aliphatic carbocycles. The molecule has 0 N–H and O–H groups in total. The summed E-state index contributed by atoms with van der Waals surface area (Å²) in [5.74, 6) is -1.71. The fourth-order valence-electron chi connectivity index (χ4n) is 1.74. The molecule has 12 heavy (non-hydrogen) atoms. The van der Waals surface area contributed by atoms with Crippen LogP contribution in [0.25, 0.3) is 0 Å². The summed E-state index contributed by atoms with van der Waals surface area (Å²) in [5, 5.41) is 10.0. The zero-order valence-corrected chi connectivity index (χ0v) is 7.04. The highest BCUT2D eigenvalue weighted by Gasteiger charge is 2.16. The smallest absolute Gasteiger partial charge is 0.178 e. The Morgan fingerprint density at radius 1 is 1.25 bits per heavy atom. The molecule has 0 unspecified atom stereocenters. The Morgan fingerprint density at radius 3 is 2.33 bits per heavy atom. The summed E-state index contributed by atoms with van der Waals surface area (Å²) in [7, 11) is 0. The van der Waals surface area contributed by atoms with Crippen LogP contribution in [0.1, 0.15) is 38.5 Å². The Morgan fingerprint density at radius 2 is 1.83 bits per heavy atom. The standard InChI is InChI=1S/C9H14O3/c10-8(9(11)12)6-5-7-3-1-2-4-7/h7H,1-6H2,(H,11,12)/p-1. The topological polar surface area (TPSA) is 57.2 Å². The maximum Gasteiger partial charge on any atom is 0.178 e. The fourth-order valence-corrected chi connectivity index (χ4v) is 1.74. The van der Waals surface area contributed by atoms with Crippen LogP contribution in [0.4, 0.5) is 0 Å². The van der Waals surface area contributed by atoms with E-state index in [0.717, 1.165) is 19.3 Å². The largest absolute Gasteiger partial charge is 0.542 e. The molecule has 0 bridgehead atoms. The first kappa shape index (κ1) is 9.23. The summed E-state index contributed by atoms with van der Waals surface area (Å²) in [6, 6.07) is 0. The van der Waals surface area contributed by atoms with Gasteiger partial charge < -0.3 is 9.90 Å². The van der Waals surface area contributed by atoms with E-state index >= 15 is 0 Å². The van der Waals surface area contributed by atoms with Gasteiger partial charge >= 0.3 is 0 Å². The summed E-state index contributed by atoms with van der Waals surface area (Å²) in [4.78, 5) is 20.7. The Hall–Kier alpha value is -0.860. The number of carbonyl (C=O) groups is 2. The van der Waals surface area contributed by atoms with Crippen molar-refractivity contribution in [3.05, 3.63) is 0 Å². The van der Waals surface area contributed by atoms with Gasteiger partial charge in [-0.25, -0.2) is 0 Å². The summed E-state index contributed by atoms with van der Waals surface area (Å²) in [6.45, 7) is 0. The molecule has 0 aliphatic heterocycles. The van der Waals surface area contributed by atoms with Gasteiger partial charge in [-0.15, -0.1) is 0 Å². The van der Waals surface area contributed by atoms with Crippen molar-refractivity contribution in [2.24, 2.45) is 5.92 Å². The third-order valence-electron chi connectivity index (χ3n) is 2.48. The fraction of sp³-hybridized carbons (Fsp3) is 0.778. The maximum atomic E-state index is 10.6. The zero-order chi connectivity index (χ0) is 8.97.